The molecule has 0 saturated heterocycles. The van der Waals surface area contributed by atoms with Crippen molar-refractivity contribution in [3.8, 4) is 78.0 Å². The third-order valence-corrected chi connectivity index (χ3v) is 12.8. The van der Waals surface area contributed by atoms with Crippen molar-refractivity contribution in [2.24, 2.45) is 0 Å². The summed E-state index contributed by atoms with van der Waals surface area (Å²) in [7, 11) is 0. The SMILES string of the molecule is c1ccc(-c2ccccc2-c2ccccc2-c2ccc3[se]c4ccccc4c3c2-c2ccc(-c3ccccc3)c(-c3ccccc3)c2-c2ccnnn2)cc1. The summed E-state index contributed by atoms with van der Waals surface area (Å²) in [6.45, 7) is 0. The summed E-state index contributed by atoms with van der Waals surface area (Å²) >= 11 is 0.168. The van der Waals surface area contributed by atoms with Gasteiger partial charge in [-0.2, -0.15) is 0 Å². The monoisotopic (exact) mass is 767 g/mol. The maximum absolute atomic E-state index is 4.75. The van der Waals surface area contributed by atoms with Crippen LogP contribution in [-0.2, 0) is 0 Å². The fourth-order valence-corrected chi connectivity index (χ4v) is 10.4. The van der Waals surface area contributed by atoms with Crippen molar-refractivity contribution in [3.63, 3.8) is 0 Å². The number of benzene rings is 8. The van der Waals surface area contributed by atoms with E-state index in [9.17, 15) is 0 Å². The van der Waals surface area contributed by atoms with E-state index in [0.29, 0.717) is 0 Å². The fraction of sp³-hybridized carbons (Fsp3) is 0. The van der Waals surface area contributed by atoms with Crippen molar-refractivity contribution in [2.45, 2.75) is 0 Å². The van der Waals surface area contributed by atoms with Crippen molar-refractivity contribution in [3.05, 3.63) is 200 Å². The first-order valence-electron chi connectivity index (χ1n) is 18.4. The summed E-state index contributed by atoms with van der Waals surface area (Å²) < 4.78 is 2.79. The molecule has 0 saturated carbocycles. The van der Waals surface area contributed by atoms with Gasteiger partial charge >= 0.3 is 328 Å². The van der Waals surface area contributed by atoms with Gasteiger partial charge < -0.3 is 0 Å². The van der Waals surface area contributed by atoms with Gasteiger partial charge in [-0.3, -0.25) is 0 Å². The maximum atomic E-state index is 4.75. The van der Waals surface area contributed by atoms with Gasteiger partial charge in [0, 0.05) is 0 Å². The summed E-state index contributed by atoms with van der Waals surface area (Å²) in [6, 6.07) is 70.0. The van der Waals surface area contributed by atoms with Crippen molar-refractivity contribution in [1.29, 1.82) is 0 Å². The molecule has 55 heavy (non-hydrogen) atoms. The molecule has 2 heterocycles. The molecule has 4 heteroatoms. The van der Waals surface area contributed by atoms with Gasteiger partial charge in [-0.25, -0.2) is 0 Å². The van der Waals surface area contributed by atoms with Crippen LogP contribution < -0.4 is 0 Å². The molecule has 0 aliphatic carbocycles. The molecule has 0 amide bonds. The molecule has 258 valence electrons. The molecule has 0 aliphatic rings. The Morgan fingerprint density at radius 2 is 0.855 bits per heavy atom. The molecule has 0 aliphatic heterocycles. The molecule has 0 spiro atoms. The van der Waals surface area contributed by atoms with Crippen LogP contribution in [0.1, 0.15) is 0 Å². The van der Waals surface area contributed by atoms with E-state index in [4.69, 9.17) is 5.10 Å². The van der Waals surface area contributed by atoms with E-state index in [2.05, 4.69) is 198 Å². The second-order valence-electron chi connectivity index (χ2n) is 13.6. The van der Waals surface area contributed by atoms with E-state index < -0.39 is 0 Å². The molecule has 3 nitrogen and oxygen atoms in total. The van der Waals surface area contributed by atoms with E-state index in [1.54, 1.807) is 6.20 Å². The van der Waals surface area contributed by atoms with E-state index >= 15 is 0 Å². The summed E-state index contributed by atoms with van der Waals surface area (Å²) in [4.78, 5) is 0. The molecular weight excluding hydrogens is 734 g/mol. The zero-order chi connectivity index (χ0) is 36.6. The van der Waals surface area contributed by atoms with E-state index in [1.165, 1.54) is 58.2 Å². The van der Waals surface area contributed by atoms with E-state index in [-0.39, 0.29) is 14.5 Å². The van der Waals surface area contributed by atoms with Crippen molar-refractivity contribution in [2.75, 3.05) is 0 Å². The van der Waals surface area contributed by atoms with Gasteiger partial charge in [-0.05, 0) is 0 Å². The van der Waals surface area contributed by atoms with Gasteiger partial charge in [0.1, 0.15) is 0 Å². The third kappa shape index (κ3) is 5.89. The zero-order valence-electron chi connectivity index (χ0n) is 29.8. The van der Waals surface area contributed by atoms with E-state index in [0.717, 1.165) is 39.1 Å². The first-order chi connectivity index (χ1) is 27.3. The summed E-state index contributed by atoms with van der Waals surface area (Å²) in [5, 5.41) is 15.7. The number of fused-ring (bicyclic) bond motifs is 3. The second-order valence-corrected chi connectivity index (χ2v) is 15.8. The normalized spacial score (nSPS) is 11.3. The number of hydrogen-bond acceptors (Lipinski definition) is 3. The molecule has 8 aromatic carbocycles. The van der Waals surface area contributed by atoms with E-state index in [1.807, 2.05) is 6.07 Å². The second kappa shape index (κ2) is 14.3. The van der Waals surface area contributed by atoms with Crippen LogP contribution in [0.25, 0.3) is 97.3 Å². The van der Waals surface area contributed by atoms with Crippen LogP contribution in [0.4, 0.5) is 0 Å². The van der Waals surface area contributed by atoms with Crippen LogP contribution in [0.5, 0.6) is 0 Å². The number of aromatic nitrogens is 3. The Labute approximate surface area is 326 Å². The Bertz CT molecular complexity index is 2960. The molecule has 0 atom stereocenters. The van der Waals surface area contributed by atoms with Crippen molar-refractivity contribution < 1.29 is 0 Å². The molecule has 10 aromatic rings. The Hall–Kier alpha value is -6.71. The Balaban J connectivity index is 1.36. The van der Waals surface area contributed by atoms with Gasteiger partial charge in [-0.1, -0.05) is 0 Å². The van der Waals surface area contributed by atoms with Crippen LogP contribution in [0.2, 0.25) is 0 Å². The Morgan fingerprint density at radius 1 is 0.327 bits per heavy atom. The number of nitrogens with zero attached hydrogens (tertiary/aromatic N) is 3. The average molecular weight is 767 g/mol. The fourth-order valence-electron chi connectivity index (χ4n) is 8.08. The number of rotatable bonds is 7. The summed E-state index contributed by atoms with van der Waals surface area (Å²) in [6.07, 6.45) is 1.75. The third-order valence-electron chi connectivity index (χ3n) is 10.4. The molecule has 0 unspecified atom stereocenters. The van der Waals surface area contributed by atoms with Crippen LogP contribution in [0.15, 0.2) is 200 Å². The van der Waals surface area contributed by atoms with Crippen molar-refractivity contribution in [1.82, 2.24) is 15.4 Å². The molecule has 0 N–H and O–H groups in total. The quantitative estimate of drug-likeness (QED) is 0.152. The van der Waals surface area contributed by atoms with Crippen LogP contribution in [0.3, 0.4) is 0 Å². The minimum absolute atomic E-state index is 0.168. The zero-order valence-corrected chi connectivity index (χ0v) is 31.5. The molecule has 10 rings (SSSR count). The first kappa shape index (κ1) is 32.9. The average Bonchev–Trinajstić information content (AvgIpc) is 3.66. The molecule has 0 fully saturated rings. The van der Waals surface area contributed by atoms with Gasteiger partial charge in [0.05, 0.1) is 0 Å². The molecule has 0 bridgehead atoms. The van der Waals surface area contributed by atoms with Crippen LogP contribution in [0, 0.1) is 0 Å². The first-order valence-corrected chi connectivity index (χ1v) is 20.2. The van der Waals surface area contributed by atoms with Crippen LogP contribution in [-0.4, -0.2) is 29.9 Å². The molecular formula is C51H33N3Se. The molecule has 0 radical (unpaired) electrons. The predicted molar refractivity (Wildman–Crippen MR) is 230 cm³/mol. The Kier molecular flexibility index (Phi) is 8.53. The van der Waals surface area contributed by atoms with Gasteiger partial charge in [0.2, 0.25) is 0 Å². The summed E-state index contributed by atoms with van der Waals surface area (Å²) in [5.74, 6) is 0. The standard InChI is InChI=1S/C51H33N3Se/c1-4-16-34(17-5-1)37-22-10-11-23-39(37)40-24-12-13-25-41(40)42-30-31-47-51(43-26-14-15-27-46(43)55-47)49(42)44-29-28-38(35-18-6-2-7-19-35)48(36-20-8-3-9-21-36)50(44)45-32-33-52-54-53-45/h1-33H. The number of hydrogen-bond donors (Lipinski definition) is 0. The Morgan fingerprint density at radius 3 is 1.53 bits per heavy atom. The van der Waals surface area contributed by atoms with Crippen LogP contribution >= 0.6 is 0 Å². The molecule has 2 aromatic heterocycles. The van der Waals surface area contributed by atoms with Gasteiger partial charge in [-0.15, -0.1) is 0 Å². The van der Waals surface area contributed by atoms with Gasteiger partial charge in [0.25, 0.3) is 0 Å². The predicted octanol–water partition coefficient (Wildman–Crippen LogP) is 12.9. The topological polar surface area (TPSA) is 38.7 Å². The van der Waals surface area contributed by atoms with Crippen molar-refractivity contribution >= 4 is 33.8 Å². The van der Waals surface area contributed by atoms with Gasteiger partial charge in [0.15, 0.2) is 0 Å². The summed E-state index contributed by atoms with van der Waals surface area (Å²) in [5.41, 5.74) is 15.8. The minimum atomic E-state index is 0.168.